The van der Waals surface area contributed by atoms with Crippen molar-refractivity contribution in [2.24, 2.45) is 0 Å². The normalized spacial score (nSPS) is 10.8. The van der Waals surface area contributed by atoms with Crippen molar-refractivity contribution >= 4 is 11.0 Å². The molecule has 0 N–H and O–H groups in total. The zero-order valence-corrected chi connectivity index (χ0v) is 17.8. The van der Waals surface area contributed by atoms with Crippen molar-refractivity contribution in [1.29, 1.82) is 0 Å². The molecule has 6 nitrogen and oxygen atoms in total. The highest BCUT2D eigenvalue weighted by Crippen LogP contribution is 2.26. The first-order valence-electron chi connectivity index (χ1n) is 10.3. The Morgan fingerprint density at radius 2 is 1.55 bits per heavy atom. The summed E-state index contributed by atoms with van der Waals surface area (Å²) < 4.78 is 24.7. The highest BCUT2D eigenvalue weighted by molar-refractivity contribution is 5.75. The van der Waals surface area contributed by atoms with Gasteiger partial charge in [0.2, 0.25) is 0 Å². The monoisotopic (exact) mass is 418 g/mol. The van der Waals surface area contributed by atoms with Crippen LogP contribution in [0.4, 0.5) is 0 Å². The maximum absolute atomic E-state index is 6.00. The molecule has 0 amide bonds. The molecular formula is C25H26N2O4. The molecule has 160 valence electrons. The number of ether oxygens (including phenoxy) is 4. The summed E-state index contributed by atoms with van der Waals surface area (Å²) in [5, 5.41) is 0. The van der Waals surface area contributed by atoms with Crippen LogP contribution in [0.3, 0.4) is 0 Å². The smallest absolute Gasteiger partial charge is 0.161 e. The number of hydrogen-bond donors (Lipinski definition) is 0. The van der Waals surface area contributed by atoms with E-state index in [1.54, 1.807) is 14.2 Å². The number of aryl methyl sites for hydroxylation is 1. The van der Waals surface area contributed by atoms with Crippen molar-refractivity contribution in [3.8, 4) is 23.0 Å². The Labute approximate surface area is 182 Å². The highest BCUT2D eigenvalue weighted by atomic mass is 16.5. The van der Waals surface area contributed by atoms with Gasteiger partial charge in [-0.25, -0.2) is 4.98 Å². The molecular weight excluding hydrogens is 392 g/mol. The average molecular weight is 418 g/mol. The average Bonchev–Trinajstić information content (AvgIpc) is 3.18. The molecule has 0 aliphatic rings. The van der Waals surface area contributed by atoms with Crippen LogP contribution < -0.4 is 18.9 Å². The molecule has 1 heterocycles. The van der Waals surface area contributed by atoms with Crippen LogP contribution >= 0.6 is 0 Å². The van der Waals surface area contributed by atoms with Crippen LogP contribution in [-0.2, 0) is 13.2 Å². The lowest BCUT2D eigenvalue weighted by molar-refractivity contribution is 0.272. The number of rotatable bonds is 10. The quantitative estimate of drug-likeness (QED) is 0.335. The summed E-state index contributed by atoms with van der Waals surface area (Å²) in [6, 6.07) is 23.4. The van der Waals surface area contributed by atoms with E-state index in [0.29, 0.717) is 13.2 Å². The van der Waals surface area contributed by atoms with Gasteiger partial charge < -0.3 is 23.5 Å². The Balaban J connectivity index is 1.44. The Hall–Kier alpha value is -3.67. The first-order chi connectivity index (χ1) is 15.3. The second kappa shape index (κ2) is 9.89. The zero-order chi connectivity index (χ0) is 21.5. The van der Waals surface area contributed by atoms with E-state index in [1.165, 1.54) is 0 Å². The third kappa shape index (κ3) is 4.91. The molecule has 0 bridgehead atoms. The largest absolute Gasteiger partial charge is 0.497 e. The van der Waals surface area contributed by atoms with E-state index < -0.39 is 0 Å². The first kappa shape index (κ1) is 20.6. The fourth-order valence-electron chi connectivity index (χ4n) is 3.47. The predicted octanol–water partition coefficient (Wildman–Crippen LogP) is 5.10. The number of benzene rings is 3. The molecule has 4 aromatic rings. The van der Waals surface area contributed by atoms with Gasteiger partial charge in [0.1, 0.15) is 23.9 Å². The van der Waals surface area contributed by atoms with E-state index in [2.05, 4.69) is 10.6 Å². The molecule has 0 saturated heterocycles. The topological polar surface area (TPSA) is 54.7 Å². The summed E-state index contributed by atoms with van der Waals surface area (Å²) in [5.74, 6) is 3.88. The van der Waals surface area contributed by atoms with Crippen LogP contribution in [0, 0.1) is 0 Å². The van der Waals surface area contributed by atoms with Gasteiger partial charge in [0, 0.05) is 12.6 Å². The third-order valence-electron chi connectivity index (χ3n) is 5.00. The van der Waals surface area contributed by atoms with Crippen molar-refractivity contribution in [2.45, 2.75) is 19.6 Å². The maximum Gasteiger partial charge on any atom is 0.161 e. The second-order valence-electron chi connectivity index (χ2n) is 6.99. The summed E-state index contributed by atoms with van der Waals surface area (Å²) in [7, 11) is 3.29. The Morgan fingerprint density at radius 3 is 2.39 bits per heavy atom. The summed E-state index contributed by atoms with van der Waals surface area (Å²) in [6.45, 7) is 1.71. The molecule has 0 radical (unpaired) electrons. The van der Waals surface area contributed by atoms with Crippen LogP contribution in [0.25, 0.3) is 11.0 Å². The van der Waals surface area contributed by atoms with E-state index in [-0.39, 0.29) is 0 Å². The van der Waals surface area contributed by atoms with E-state index in [4.69, 9.17) is 23.9 Å². The number of para-hydroxylation sites is 4. The molecule has 4 rings (SSSR count). The molecule has 0 spiro atoms. The van der Waals surface area contributed by atoms with Crippen LogP contribution in [-0.4, -0.2) is 30.4 Å². The van der Waals surface area contributed by atoms with E-state index >= 15 is 0 Å². The van der Waals surface area contributed by atoms with Crippen molar-refractivity contribution in [1.82, 2.24) is 9.55 Å². The van der Waals surface area contributed by atoms with Gasteiger partial charge in [-0.05, 0) is 42.8 Å². The molecule has 0 aliphatic carbocycles. The molecule has 1 aromatic heterocycles. The van der Waals surface area contributed by atoms with Crippen molar-refractivity contribution in [3.05, 3.63) is 78.6 Å². The van der Waals surface area contributed by atoms with Crippen molar-refractivity contribution in [2.75, 3.05) is 20.8 Å². The molecule has 0 unspecified atom stereocenters. The van der Waals surface area contributed by atoms with Crippen LogP contribution in [0.2, 0.25) is 0 Å². The lowest BCUT2D eigenvalue weighted by Gasteiger charge is -2.13. The summed E-state index contributed by atoms with van der Waals surface area (Å²) in [6.07, 6.45) is 0.824. The molecule has 0 atom stereocenters. The van der Waals surface area contributed by atoms with Crippen LogP contribution in [0.15, 0.2) is 72.8 Å². The SMILES string of the molecule is COc1cccc(OCc2nc3ccccc3n2CCCOc2ccccc2OC)c1. The molecule has 0 saturated carbocycles. The number of fused-ring (bicyclic) bond motifs is 1. The number of nitrogens with zero attached hydrogens (tertiary/aromatic N) is 2. The van der Waals surface area contributed by atoms with Crippen LogP contribution in [0.1, 0.15) is 12.2 Å². The summed E-state index contributed by atoms with van der Waals surface area (Å²) >= 11 is 0. The van der Waals surface area contributed by atoms with E-state index in [9.17, 15) is 0 Å². The van der Waals surface area contributed by atoms with Gasteiger partial charge in [0.25, 0.3) is 0 Å². The molecule has 0 aliphatic heterocycles. The van der Waals surface area contributed by atoms with Gasteiger partial charge in [-0.15, -0.1) is 0 Å². The highest BCUT2D eigenvalue weighted by Gasteiger charge is 2.12. The minimum atomic E-state index is 0.370. The standard InChI is InChI=1S/C25H26N2O4/c1-28-19-9-7-10-20(17-19)31-18-25-26-21-11-3-4-12-22(21)27(25)15-8-16-30-24-14-6-5-13-23(24)29-2/h3-7,9-14,17H,8,15-16,18H2,1-2H3. The Kier molecular flexibility index (Phi) is 6.57. The van der Waals surface area contributed by atoms with Gasteiger partial charge in [-0.2, -0.15) is 0 Å². The van der Waals surface area contributed by atoms with Gasteiger partial charge in [0.05, 0.1) is 31.9 Å². The second-order valence-corrected chi connectivity index (χ2v) is 6.99. The fraction of sp³-hybridized carbons (Fsp3) is 0.240. The van der Waals surface area contributed by atoms with E-state index in [1.807, 2.05) is 66.7 Å². The minimum Gasteiger partial charge on any atom is -0.497 e. The fourth-order valence-corrected chi connectivity index (χ4v) is 3.47. The van der Waals surface area contributed by atoms with Gasteiger partial charge in [-0.3, -0.25) is 0 Å². The predicted molar refractivity (Wildman–Crippen MR) is 120 cm³/mol. The number of hydrogen-bond acceptors (Lipinski definition) is 5. The first-order valence-corrected chi connectivity index (χ1v) is 10.3. The lowest BCUT2D eigenvalue weighted by Crippen LogP contribution is -2.10. The summed E-state index contributed by atoms with van der Waals surface area (Å²) in [4.78, 5) is 4.78. The summed E-state index contributed by atoms with van der Waals surface area (Å²) in [5.41, 5.74) is 2.04. The Morgan fingerprint density at radius 1 is 0.774 bits per heavy atom. The van der Waals surface area contributed by atoms with Crippen molar-refractivity contribution in [3.63, 3.8) is 0 Å². The lowest BCUT2D eigenvalue weighted by atomic mass is 10.3. The minimum absolute atomic E-state index is 0.370. The molecule has 3 aromatic carbocycles. The zero-order valence-electron chi connectivity index (χ0n) is 17.8. The van der Waals surface area contributed by atoms with Gasteiger partial charge in [-0.1, -0.05) is 30.3 Å². The van der Waals surface area contributed by atoms with Gasteiger partial charge in [0.15, 0.2) is 11.5 Å². The molecule has 31 heavy (non-hydrogen) atoms. The number of imidazole rings is 1. The third-order valence-corrected chi connectivity index (χ3v) is 5.00. The molecule has 0 fully saturated rings. The van der Waals surface area contributed by atoms with Crippen LogP contribution in [0.5, 0.6) is 23.0 Å². The number of aromatic nitrogens is 2. The van der Waals surface area contributed by atoms with E-state index in [0.717, 1.165) is 52.8 Å². The number of methoxy groups -OCH3 is 2. The maximum atomic E-state index is 6.00. The Bertz CT molecular complexity index is 1140. The van der Waals surface area contributed by atoms with Gasteiger partial charge >= 0.3 is 0 Å². The van der Waals surface area contributed by atoms with Crippen molar-refractivity contribution < 1.29 is 18.9 Å². The molecule has 6 heteroatoms.